The summed E-state index contributed by atoms with van der Waals surface area (Å²) >= 11 is 1.62. The Balaban J connectivity index is 2.07. The van der Waals surface area contributed by atoms with Crippen molar-refractivity contribution >= 4 is 17.7 Å². The number of carbonyl (C=O) groups excluding carboxylic acids is 1. The molecule has 2 N–H and O–H groups in total. The van der Waals surface area contributed by atoms with E-state index in [0.717, 1.165) is 12.2 Å². The number of nitrogens with zero attached hydrogens (tertiary/aromatic N) is 3. The predicted molar refractivity (Wildman–Crippen MR) is 66.7 cm³/mol. The summed E-state index contributed by atoms with van der Waals surface area (Å²) in [6.45, 7) is 1.25. The maximum atomic E-state index is 11.4. The van der Waals surface area contributed by atoms with Gasteiger partial charge in [0.25, 0.3) is 0 Å². The molecule has 0 fully saturated rings. The van der Waals surface area contributed by atoms with Crippen molar-refractivity contribution in [2.24, 2.45) is 0 Å². The minimum atomic E-state index is -0.895. The van der Waals surface area contributed by atoms with Gasteiger partial charge >= 0.3 is 0 Å². The first-order chi connectivity index (χ1) is 8.24. The minimum Gasteiger partial charge on any atom is -0.383 e. The van der Waals surface area contributed by atoms with Crippen LogP contribution in [0.15, 0.2) is 12.4 Å². The Morgan fingerprint density at radius 1 is 1.65 bits per heavy atom. The SMILES string of the molecule is CSCC[C@H](O)C(=O)NCCCn1ccnn1. The van der Waals surface area contributed by atoms with Crippen molar-refractivity contribution < 1.29 is 9.90 Å². The van der Waals surface area contributed by atoms with Crippen LogP contribution in [0.4, 0.5) is 0 Å². The summed E-state index contributed by atoms with van der Waals surface area (Å²) in [5, 5.41) is 19.7. The fourth-order valence-corrected chi connectivity index (χ4v) is 1.74. The zero-order valence-corrected chi connectivity index (χ0v) is 10.7. The maximum absolute atomic E-state index is 11.4. The van der Waals surface area contributed by atoms with Crippen LogP contribution in [0.2, 0.25) is 0 Å². The molecule has 17 heavy (non-hydrogen) atoms. The first kappa shape index (κ1) is 14.0. The Labute approximate surface area is 105 Å². The van der Waals surface area contributed by atoms with Crippen LogP contribution in [-0.2, 0) is 11.3 Å². The lowest BCUT2D eigenvalue weighted by atomic mass is 10.2. The molecule has 1 rings (SSSR count). The zero-order valence-electron chi connectivity index (χ0n) is 9.87. The number of nitrogens with one attached hydrogen (secondary N) is 1. The smallest absolute Gasteiger partial charge is 0.248 e. The van der Waals surface area contributed by atoms with E-state index < -0.39 is 6.10 Å². The van der Waals surface area contributed by atoms with E-state index in [4.69, 9.17) is 0 Å². The van der Waals surface area contributed by atoms with Gasteiger partial charge in [-0.05, 0) is 24.9 Å². The fourth-order valence-electron chi connectivity index (χ4n) is 1.28. The summed E-state index contributed by atoms with van der Waals surface area (Å²) in [6, 6.07) is 0. The Hall–Kier alpha value is -1.08. The molecule has 1 aromatic heterocycles. The summed E-state index contributed by atoms with van der Waals surface area (Å²) in [4.78, 5) is 11.4. The molecule has 0 bridgehead atoms. The molecule has 0 aliphatic rings. The van der Waals surface area contributed by atoms with Crippen LogP contribution in [0.1, 0.15) is 12.8 Å². The highest BCUT2D eigenvalue weighted by atomic mass is 32.2. The average molecular weight is 258 g/mol. The molecule has 0 aliphatic heterocycles. The highest BCUT2D eigenvalue weighted by Crippen LogP contribution is 2.00. The van der Waals surface area contributed by atoms with Gasteiger partial charge in [-0.25, -0.2) is 0 Å². The van der Waals surface area contributed by atoms with Crippen LogP contribution in [0, 0.1) is 0 Å². The van der Waals surface area contributed by atoms with Crippen molar-refractivity contribution in [2.45, 2.75) is 25.5 Å². The normalized spacial score (nSPS) is 12.4. The molecule has 0 saturated carbocycles. The molecular weight excluding hydrogens is 240 g/mol. The van der Waals surface area contributed by atoms with Gasteiger partial charge in [-0.3, -0.25) is 9.48 Å². The maximum Gasteiger partial charge on any atom is 0.248 e. The van der Waals surface area contributed by atoms with E-state index in [1.165, 1.54) is 0 Å². The van der Waals surface area contributed by atoms with Crippen LogP contribution in [0.5, 0.6) is 0 Å². The molecule has 7 heteroatoms. The molecule has 1 amide bonds. The number of aliphatic hydroxyl groups is 1. The van der Waals surface area contributed by atoms with Gasteiger partial charge in [0.15, 0.2) is 0 Å². The Bertz CT molecular complexity index is 318. The summed E-state index contributed by atoms with van der Waals surface area (Å²) in [7, 11) is 0. The lowest BCUT2D eigenvalue weighted by Crippen LogP contribution is -2.35. The number of hydrogen-bond donors (Lipinski definition) is 2. The number of aliphatic hydroxyl groups excluding tert-OH is 1. The van der Waals surface area contributed by atoms with Crippen molar-refractivity contribution in [2.75, 3.05) is 18.6 Å². The van der Waals surface area contributed by atoms with Crippen molar-refractivity contribution in [1.29, 1.82) is 0 Å². The third-order valence-corrected chi connectivity index (χ3v) is 2.88. The summed E-state index contributed by atoms with van der Waals surface area (Å²) < 4.78 is 1.70. The van der Waals surface area contributed by atoms with E-state index in [-0.39, 0.29) is 5.91 Å². The van der Waals surface area contributed by atoms with Crippen molar-refractivity contribution in [3.8, 4) is 0 Å². The van der Waals surface area contributed by atoms with Crippen LogP contribution in [0.3, 0.4) is 0 Å². The lowest BCUT2D eigenvalue weighted by molar-refractivity contribution is -0.129. The molecule has 1 aromatic rings. The summed E-state index contributed by atoms with van der Waals surface area (Å²) in [6.07, 6.45) is 5.71. The number of aryl methyl sites for hydroxylation is 1. The first-order valence-electron chi connectivity index (χ1n) is 5.53. The molecule has 0 aliphatic carbocycles. The molecule has 0 radical (unpaired) electrons. The van der Waals surface area contributed by atoms with E-state index in [1.807, 2.05) is 6.26 Å². The van der Waals surface area contributed by atoms with E-state index >= 15 is 0 Å². The monoisotopic (exact) mass is 258 g/mol. The Morgan fingerprint density at radius 2 is 2.47 bits per heavy atom. The first-order valence-corrected chi connectivity index (χ1v) is 6.92. The Morgan fingerprint density at radius 3 is 3.12 bits per heavy atom. The topological polar surface area (TPSA) is 80.0 Å². The largest absolute Gasteiger partial charge is 0.383 e. The van der Waals surface area contributed by atoms with E-state index in [0.29, 0.717) is 19.5 Å². The number of amides is 1. The number of rotatable bonds is 8. The fraction of sp³-hybridized carbons (Fsp3) is 0.700. The average Bonchev–Trinajstić information content (AvgIpc) is 2.84. The van der Waals surface area contributed by atoms with Gasteiger partial charge in [-0.2, -0.15) is 11.8 Å². The van der Waals surface area contributed by atoms with Gasteiger partial charge in [0.05, 0.1) is 6.20 Å². The van der Waals surface area contributed by atoms with E-state index in [9.17, 15) is 9.90 Å². The van der Waals surface area contributed by atoms with Crippen LogP contribution >= 0.6 is 11.8 Å². The molecule has 1 heterocycles. The molecule has 0 aromatic carbocycles. The number of aromatic nitrogens is 3. The van der Waals surface area contributed by atoms with Crippen molar-refractivity contribution in [3.05, 3.63) is 12.4 Å². The molecule has 0 unspecified atom stereocenters. The zero-order chi connectivity index (χ0) is 12.5. The lowest BCUT2D eigenvalue weighted by Gasteiger charge is -2.10. The second-order valence-electron chi connectivity index (χ2n) is 3.61. The van der Waals surface area contributed by atoms with Crippen LogP contribution in [0.25, 0.3) is 0 Å². The molecule has 0 spiro atoms. The number of carbonyl (C=O) groups is 1. The quantitative estimate of drug-likeness (QED) is 0.636. The Kier molecular flexibility index (Phi) is 6.64. The second-order valence-corrected chi connectivity index (χ2v) is 4.59. The highest BCUT2D eigenvalue weighted by Gasteiger charge is 2.13. The molecule has 96 valence electrons. The molecule has 6 nitrogen and oxygen atoms in total. The van der Waals surface area contributed by atoms with Crippen molar-refractivity contribution in [3.63, 3.8) is 0 Å². The third-order valence-electron chi connectivity index (χ3n) is 2.23. The summed E-state index contributed by atoms with van der Waals surface area (Å²) in [5.41, 5.74) is 0. The predicted octanol–water partition coefficient (Wildman–Crippen LogP) is -0.102. The van der Waals surface area contributed by atoms with Gasteiger partial charge in [0.2, 0.25) is 5.91 Å². The van der Waals surface area contributed by atoms with Crippen molar-refractivity contribution in [1.82, 2.24) is 20.3 Å². The van der Waals surface area contributed by atoms with Gasteiger partial charge < -0.3 is 10.4 Å². The highest BCUT2D eigenvalue weighted by molar-refractivity contribution is 7.98. The second kappa shape index (κ2) is 8.08. The standard InChI is InChI=1S/C10H18N4O2S/c1-17-8-3-9(15)10(16)11-4-2-6-14-7-5-12-13-14/h5,7,9,15H,2-4,6,8H2,1H3,(H,11,16)/t9-/m0/s1. The number of thioether (sulfide) groups is 1. The van der Waals surface area contributed by atoms with E-state index in [1.54, 1.807) is 28.8 Å². The third kappa shape index (κ3) is 5.69. The minimum absolute atomic E-state index is 0.294. The summed E-state index contributed by atoms with van der Waals surface area (Å²) in [5.74, 6) is 0.491. The van der Waals surface area contributed by atoms with Gasteiger partial charge in [-0.15, -0.1) is 5.10 Å². The molecule has 1 atom stereocenters. The van der Waals surface area contributed by atoms with Gasteiger partial charge in [0.1, 0.15) is 6.10 Å². The number of hydrogen-bond acceptors (Lipinski definition) is 5. The van der Waals surface area contributed by atoms with Crippen LogP contribution < -0.4 is 5.32 Å². The molecular formula is C10H18N4O2S. The van der Waals surface area contributed by atoms with Crippen LogP contribution in [-0.4, -0.2) is 50.7 Å². The van der Waals surface area contributed by atoms with Gasteiger partial charge in [0, 0.05) is 19.3 Å². The van der Waals surface area contributed by atoms with Gasteiger partial charge in [-0.1, -0.05) is 5.21 Å². The molecule has 0 saturated heterocycles. The van der Waals surface area contributed by atoms with E-state index in [2.05, 4.69) is 15.6 Å².